The van der Waals surface area contributed by atoms with Gasteiger partial charge in [-0.1, -0.05) is 11.6 Å². The molecule has 0 fully saturated rings. The number of amides is 1. The van der Waals surface area contributed by atoms with E-state index in [-0.39, 0.29) is 11.3 Å². The Labute approximate surface area is 89.9 Å². The zero-order chi connectivity index (χ0) is 11.4. The highest BCUT2D eigenvalue weighted by Gasteiger charge is 2.13. The molecule has 76 valence electrons. The van der Waals surface area contributed by atoms with Crippen LogP contribution in [0, 0.1) is 11.3 Å². The van der Waals surface area contributed by atoms with Gasteiger partial charge >= 0.3 is 11.9 Å². The Kier molecular flexibility index (Phi) is 3.26. The molecule has 1 rings (SSSR count). The van der Waals surface area contributed by atoms with E-state index in [1.54, 1.807) is 6.07 Å². The molecule has 0 aliphatic carbocycles. The molecule has 5 nitrogen and oxygen atoms in total. The Hall–Kier alpha value is -2.06. The molecule has 1 aromatic carbocycles. The number of rotatable bonds is 1. The predicted octanol–water partition coefficient (Wildman–Crippen LogP) is 1.23. The van der Waals surface area contributed by atoms with Crippen LogP contribution in [0.4, 0.5) is 5.69 Å². The lowest BCUT2D eigenvalue weighted by molar-refractivity contribution is -0.147. The number of nitrogens with one attached hydrogen (secondary N) is 1. The summed E-state index contributed by atoms with van der Waals surface area (Å²) in [7, 11) is 0. The van der Waals surface area contributed by atoms with Crippen molar-refractivity contribution >= 4 is 29.2 Å². The third kappa shape index (κ3) is 2.69. The van der Waals surface area contributed by atoms with E-state index in [0.29, 0.717) is 5.02 Å². The Bertz CT molecular complexity index is 465. The van der Waals surface area contributed by atoms with Gasteiger partial charge in [-0.3, -0.25) is 4.79 Å². The molecule has 2 N–H and O–H groups in total. The Morgan fingerprint density at radius 3 is 2.67 bits per heavy atom. The van der Waals surface area contributed by atoms with Crippen LogP contribution in [0.15, 0.2) is 18.2 Å². The number of nitriles is 1. The SMILES string of the molecule is N#Cc1ccc(Cl)cc1NC(=O)C(=O)O. The lowest BCUT2D eigenvalue weighted by Gasteiger charge is -2.04. The predicted molar refractivity (Wildman–Crippen MR) is 52.4 cm³/mol. The molecular formula is C9H5ClN2O3. The van der Waals surface area contributed by atoms with Crippen LogP contribution in [0.1, 0.15) is 5.56 Å². The number of carboxylic acid groups (broad SMARTS) is 1. The van der Waals surface area contributed by atoms with E-state index >= 15 is 0 Å². The highest BCUT2D eigenvalue weighted by atomic mass is 35.5. The number of hydrogen-bond acceptors (Lipinski definition) is 3. The topological polar surface area (TPSA) is 90.2 Å². The van der Waals surface area contributed by atoms with Crippen LogP contribution in [-0.4, -0.2) is 17.0 Å². The largest absolute Gasteiger partial charge is 0.474 e. The monoisotopic (exact) mass is 224 g/mol. The van der Waals surface area contributed by atoms with Crippen LogP contribution in [0.25, 0.3) is 0 Å². The minimum Gasteiger partial charge on any atom is -0.474 e. The van der Waals surface area contributed by atoms with Gasteiger partial charge in [-0.05, 0) is 18.2 Å². The molecule has 0 aliphatic heterocycles. The zero-order valence-electron chi connectivity index (χ0n) is 7.32. The van der Waals surface area contributed by atoms with Gasteiger partial charge in [0, 0.05) is 5.02 Å². The number of benzene rings is 1. The van der Waals surface area contributed by atoms with E-state index in [0.717, 1.165) is 0 Å². The molecule has 15 heavy (non-hydrogen) atoms. The maximum atomic E-state index is 10.8. The molecule has 0 bridgehead atoms. The van der Waals surface area contributed by atoms with Gasteiger partial charge in [0.15, 0.2) is 0 Å². The molecule has 0 aromatic heterocycles. The van der Waals surface area contributed by atoms with Crippen molar-refractivity contribution < 1.29 is 14.7 Å². The van der Waals surface area contributed by atoms with Crippen molar-refractivity contribution in [3.63, 3.8) is 0 Å². The summed E-state index contributed by atoms with van der Waals surface area (Å²) in [5.74, 6) is -2.84. The summed E-state index contributed by atoms with van der Waals surface area (Å²) >= 11 is 5.63. The average molecular weight is 225 g/mol. The van der Waals surface area contributed by atoms with Crippen LogP contribution in [0.2, 0.25) is 5.02 Å². The van der Waals surface area contributed by atoms with Gasteiger partial charge in [0.2, 0.25) is 0 Å². The fraction of sp³-hybridized carbons (Fsp3) is 0. The Balaban J connectivity index is 3.04. The van der Waals surface area contributed by atoms with E-state index in [1.165, 1.54) is 18.2 Å². The smallest absolute Gasteiger partial charge is 0.394 e. The van der Waals surface area contributed by atoms with Gasteiger partial charge in [-0.15, -0.1) is 0 Å². The zero-order valence-corrected chi connectivity index (χ0v) is 8.08. The third-order valence-corrected chi connectivity index (χ3v) is 1.78. The summed E-state index contributed by atoms with van der Waals surface area (Å²) in [6.45, 7) is 0. The fourth-order valence-electron chi connectivity index (χ4n) is 0.893. The third-order valence-electron chi connectivity index (χ3n) is 1.54. The van der Waals surface area contributed by atoms with Gasteiger partial charge in [-0.25, -0.2) is 4.79 Å². The van der Waals surface area contributed by atoms with Crippen molar-refractivity contribution in [2.75, 3.05) is 5.32 Å². The second-order valence-electron chi connectivity index (χ2n) is 2.56. The number of halogens is 1. The number of carbonyl (C=O) groups is 2. The van der Waals surface area contributed by atoms with Crippen molar-refractivity contribution in [2.24, 2.45) is 0 Å². The summed E-state index contributed by atoms with van der Waals surface area (Å²) in [6, 6.07) is 5.96. The molecule has 0 saturated carbocycles. The van der Waals surface area contributed by atoms with Crippen LogP contribution in [-0.2, 0) is 9.59 Å². The van der Waals surface area contributed by atoms with Crippen LogP contribution >= 0.6 is 11.6 Å². The van der Waals surface area contributed by atoms with Crippen molar-refractivity contribution in [1.82, 2.24) is 0 Å². The highest BCUT2D eigenvalue weighted by molar-refractivity contribution is 6.37. The molecule has 0 atom stereocenters. The molecule has 1 amide bonds. The summed E-state index contributed by atoms with van der Waals surface area (Å²) in [5.41, 5.74) is 0.228. The second kappa shape index (κ2) is 4.44. The van der Waals surface area contributed by atoms with Crippen LogP contribution < -0.4 is 5.32 Å². The first-order chi connectivity index (χ1) is 7.04. The normalized spacial score (nSPS) is 9.07. The van der Waals surface area contributed by atoms with E-state index in [4.69, 9.17) is 22.0 Å². The standard InChI is InChI=1S/C9H5ClN2O3/c10-6-2-1-5(4-11)7(3-6)12-8(13)9(14)15/h1-3H,(H,12,13)(H,14,15). The van der Waals surface area contributed by atoms with E-state index in [9.17, 15) is 9.59 Å². The molecule has 0 aliphatic rings. The van der Waals surface area contributed by atoms with E-state index in [1.807, 2.05) is 0 Å². The lowest BCUT2D eigenvalue weighted by Crippen LogP contribution is -2.22. The summed E-state index contributed by atoms with van der Waals surface area (Å²) in [6.07, 6.45) is 0. The second-order valence-corrected chi connectivity index (χ2v) is 3.00. The maximum absolute atomic E-state index is 10.8. The molecule has 0 unspecified atom stereocenters. The van der Waals surface area contributed by atoms with Gasteiger partial charge in [0.1, 0.15) is 6.07 Å². The quantitative estimate of drug-likeness (QED) is 0.702. The summed E-state index contributed by atoms with van der Waals surface area (Å²) < 4.78 is 0. The van der Waals surface area contributed by atoms with Crippen molar-refractivity contribution in [1.29, 1.82) is 5.26 Å². The molecule has 0 heterocycles. The summed E-state index contributed by atoms with van der Waals surface area (Å²) in [5, 5.41) is 19.4. The van der Waals surface area contributed by atoms with Crippen LogP contribution in [0.5, 0.6) is 0 Å². The Morgan fingerprint density at radius 2 is 2.13 bits per heavy atom. The molecule has 0 saturated heterocycles. The van der Waals surface area contributed by atoms with E-state index in [2.05, 4.69) is 5.32 Å². The van der Waals surface area contributed by atoms with Gasteiger partial charge in [0.05, 0.1) is 11.3 Å². The minimum absolute atomic E-state index is 0.0809. The molecular weight excluding hydrogens is 220 g/mol. The number of carboxylic acids is 1. The minimum atomic E-state index is -1.63. The first-order valence-electron chi connectivity index (χ1n) is 3.78. The number of anilines is 1. The first-order valence-corrected chi connectivity index (χ1v) is 4.16. The van der Waals surface area contributed by atoms with Crippen LogP contribution in [0.3, 0.4) is 0 Å². The average Bonchev–Trinajstić information content (AvgIpc) is 2.18. The fourth-order valence-corrected chi connectivity index (χ4v) is 1.07. The summed E-state index contributed by atoms with van der Waals surface area (Å²) in [4.78, 5) is 21.1. The maximum Gasteiger partial charge on any atom is 0.394 e. The van der Waals surface area contributed by atoms with Crippen molar-refractivity contribution in [2.45, 2.75) is 0 Å². The lowest BCUT2D eigenvalue weighted by atomic mass is 10.2. The first kappa shape index (κ1) is 11.0. The number of hydrogen-bond donors (Lipinski definition) is 2. The van der Waals surface area contributed by atoms with E-state index < -0.39 is 11.9 Å². The highest BCUT2D eigenvalue weighted by Crippen LogP contribution is 2.20. The van der Waals surface area contributed by atoms with Crippen molar-refractivity contribution in [3.05, 3.63) is 28.8 Å². The number of nitrogens with zero attached hydrogens (tertiary/aromatic N) is 1. The number of carbonyl (C=O) groups excluding carboxylic acids is 1. The number of aliphatic carboxylic acids is 1. The van der Waals surface area contributed by atoms with Gasteiger partial charge in [0.25, 0.3) is 0 Å². The Morgan fingerprint density at radius 1 is 1.47 bits per heavy atom. The molecule has 6 heteroatoms. The molecule has 0 radical (unpaired) electrons. The van der Waals surface area contributed by atoms with Crippen molar-refractivity contribution in [3.8, 4) is 6.07 Å². The molecule has 0 spiro atoms. The van der Waals surface area contributed by atoms with Gasteiger partial charge in [-0.2, -0.15) is 5.26 Å². The van der Waals surface area contributed by atoms with Gasteiger partial charge < -0.3 is 10.4 Å². The molecule has 1 aromatic rings.